The molecule has 0 aliphatic heterocycles. The van der Waals surface area contributed by atoms with Gasteiger partial charge >= 0.3 is 0 Å². The summed E-state index contributed by atoms with van der Waals surface area (Å²) in [6, 6.07) is 12.6. The molecule has 0 radical (unpaired) electrons. The SMILES string of the molecule is CCCCN(CC1CCCCC1)OCc1ccc(C(=O)N[C@@H](CCSC)C(=O)[O-])c(-c2ccccc2C)c1. The molecule has 0 heterocycles. The van der Waals surface area contributed by atoms with Crippen molar-refractivity contribution in [3.63, 3.8) is 0 Å². The lowest BCUT2D eigenvalue weighted by atomic mass is 9.89. The second kappa shape index (κ2) is 15.9. The second-order valence-corrected chi connectivity index (χ2v) is 11.3. The zero-order valence-electron chi connectivity index (χ0n) is 23.2. The lowest BCUT2D eigenvalue weighted by Crippen LogP contribution is -2.48. The van der Waals surface area contributed by atoms with Crippen molar-refractivity contribution in [2.75, 3.05) is 25.1 Å². The monoisotopic (exact) mass is 539 g/mol. The number of amides is 1. The van der Waals surface area contributed by atoms with Gasteiger partial charge < -0.3 is 15.2 Å². The van der Waals surface area contributed by atoms with E-state index < -0.39 is 17.9 Å². The van der Waals surface area contributed by atoms with Crippen LogP contribution in [0.3, 0.4) is 0 Å². The summed E-state index contributed by atoms with van der Waals surface area (Å²) in [7, 11) is 0. The van der Waals surface area contributed by atoms with E-state index in [-0.39, 0.29) is 0 Å². The number of nitrogens with one attached hydrogen (secondary N) is 1. The van der Waals surface area contributed by atoms with Crippen molar-refractivity contribution in [1.29, 1.82) is 0 Å². The zero-order chi connectivity index (χ0) is 27.3. The molecular formula is C31H43N2O4S-. The molecule has 1 saturated carbocycles. The molecule has 0 saturated heterocycles. The Kier molecular flexibility index (Phi) is 12.6. The van der Waals surface area contributed by atoms with Crippen LogP contribution >= 0.6 is 11.8 Å². The van der Waals surface area contributed by atoms with Crippen molar-refractivity contribution in [2.45, 2.75) is 77.9 Å². The van der Waals surface area contributed by atoms with Crippen molar-refractivity contribution in [3.05, 3.63) is 59.2 Å². The summed E-state index contributed by atoms with van der Waals surface area (Å²) in [6.45, 7) is 6.51. The Balaban J connectivity index is 1.82. The van der Waals surface area contributed by atoms with E-state index in [0.29, 0.717) is 30.3 Å². The van der Waals surface area contributed by atoms with Gasteiger partial charge in [-0.1, -0.05) is 62.9 Å². The number of hydrogen-bond donors (Lipinski definition) is 1. The fourth-order valence-corrected chi connectivity index (χ4v) is 5.54. The molecule has 7 heteroatoms. The van der Waals surface area contributed by atoms with Gasteiger partial charge in [0.1, 0.15) is 0 Å². The highest BCUT2D eigenvalue weighted by molar-refractivity contribution is 7.98. The number of carboxylic acids is 1. The van der Waals surface area contributed by atoms with E-state index in [2.05, 4.69) is 17.3 Å². The first kappa shape index (κ1) is 30.2. The number of nitrogens with zero attached hydrogens (tertiary/aromatic N) is 1. The number of aryl methyl sites for hydroxylation is 1. The van der Waals surface area contributed by atoms with E-state index >= 15 is 0 Å². The molecule has 2 aromatic carbocycles. The van der Waals surface area contributed by atoms with E-state index in [9.17, 15) is 14.7 Å². The normalized spacial score (nSPS) is 14.9. The third kappa shape index (κ3) is 9.14. The summed E-state index contributed by atoms with van der Waals surface area (Å²) < 4.78 is 0. The highest BCUT2D eigenvalue weighted by Gasteiger charge is 2.21. The number of rotatable bonds is 15. The van der Waals surface area contributed by atoms with Crippen LogP contribution in [0.25, 0.3) is 11.1 Å². The molecule has 2 aromatic rings. The average molecular weight is 540 g/mol. The van der Waals surface area contributed by atoms with E-state index in [1.165, 1.54) is 43.9 Å². The maximum absolute atomic E-state index is 13.3. The average Bonchev–Trinajstić information content (AvgIpc) is 2.93. The van der Waals surface area contributed by atoms with E-state index in [1.54, 1.807) is 6.07 Å². The van der Waals surface area contributed by atoms with E-state index in [4.69, 9.17) is 4.84 Å². The first-order valence-corrected chi connectivity index (χ1v) is 15.4. The van der Waals surface area contributed by atoms with Gasteiger partial charge in [-0.05, 0) is 84.9 Å². The summed E-state index contributed by atoms with van der Waals surface area (Å²) in [5.41, 5.74) is 4.18. The van der Waals surface area contributed by atoms with Crippen molar-refractivity contribution in [3.8, 4) is 11.1 Å². The second-order valence-electron chi connectivity index (χ2n) is 10.3. The molecule has 6 nitrogen and oxygen atoms in total. The summed E-state index contributed by atoms with van der Waals surface area (Å²) >= 11 is 1.54. The van der Waals surface area contributed by atoms with Crippen molar-refractivity contribution in [1.82, 2.24) is 10.4 Å². The van der Waals surface area contributed by atoms with Crippen molar-refractivity contribution >= 4 is 23.6 Å². The molecule has 0 unspecified atom stereocenters. The Hall–Kier alpha value is -2.35. The Morgan fingerprint density at radius 1 is 1.13 bits per heavy atom. The van der Waals surface area contributed by atoms with E-state index in [0.717, 1.165) is 48.2 Å². The number of hydroxylamine groups is 2. The number of thioether (sulfide) groups is 1. The van der Waals surface area contributed by atoms with Crippen LogP contribution in [0.15, 0.2) is 42.5 Å². The molecule has 1 aliphatic carbocycles. The van der Waals surface area contributed by atoms with Gasteiger partial charge in [-0.2, -0.15) is 16.8 Å². The van der Waals surface area contributed by atoms with Crippen molar-refractivity contribution < 1.29 is 19.5 Å². The number of carbonyl (C=O) groups excluding carboxylic acids is 2. The van der Waals surface area contributed by atoms with Crippen LogP contribution in [0.1, 0.15) is 79.8 Å². The number of hydrogen-bond acceptors (Lipinski definition) is 6. The summed E-state index contributed by atoms with van der Waals surface area (Å²) in [5.74, 6) is -0.361. The fraction of sp³-hybridized carbons (Fsp3) is 0.548. The number of unbranched alkanes of at least 4 members (excludes halogenated alkanes) is 1. The topological polar surface area (TPSA) is 81.7 Å². The number of benzene rings is 2. The first-order valence-electron chi connectivity index (χ1n) is 14.0. The minimum absolute atomic E-state index is 0.315. The summed E-state index contributed by atoms with van der Waals surface area (Å²) in [4.78, 5) is 31.3. The summed E-state index contributed by atoms with van der Waals surface area (Å²) in [6.07, 6.45) is 11.0. The van der Waals surface area contributed by atoms with Crippen LogP contribution in [0, 0.1) is 12.8 Å². The Morgan fingerprint density at radius 3 is 2.58 bits per heavy atom. The van der Waals surface area contributed by atoms with Gasteiger partial charge in [-0.15, -0.1) is 0 Å². The molecule has 38 heavy (non-hydrogen) atoms. The standard InChI is InChI=1S/C31H44N2O4S/c1-4-5-18-33(21-24-12-7-6-8-13-24)37-22-25-15-16-27(28(20-25)26-14-10-9-11-23(26)2)30(34)32-29(31(35)36)17-19-38-3/h9-11,14-16,20,24,29H,4-8,12-13,17-19,21-22H2,1-3H3,(H,32,34)(H,35,36)/p-1/t29-/m0/s1. The van der Waals surface area contributed by atoms with Gasteiger partial charge in [0, 0.05) is 18.7 Å². The summed E-state index contributed by atoms with van der Waals surface area (Å²) in [5, 5.41) is 16.5. The Labute approximate surface area is 232 Å². The predicted molar refractivity (Wildman–Crippen MR) is 154 cm³/mol. The van der Waals surface area contributed by atoms with Crippen LogP contribution in [-0.4, -0.2) is 48.1 Å². The van der Waals surface area contributed by atoms with Gasteiger partial charge in [0.15, 0.2) is 0 Å². The minimum atomic E-state index is -1.26. The third-order valence-electron chi connectivity index (χ3n) is 7.33. The molecular weight excluding hydrogens is 496 g/mol. The van der Waals surface area contributed by atoms with Crippen LogP contribution < -0.4 is 10.4 Å². The molecule has 208 valence electrons. The maximum atomic E-state index is 13.3. The van der Waals surface area contributed by atoms with Crippen LogP contribution in [0.4, 0.5) is 0 Å². The molecule has 3 rings (SSSR count). The Morgan fingerprint density at radius 2 is 1.89 bits per heavy atom. The van der Waals surface area contributed by atoms with Crippen LogP contribution in [-0.2, 0) is 16.2 Å². The van der Waals surface area contributed by atoms with Gasteiger partial charge in [0.05, 0.1) is 18.6 Å². The zero-order valence-corrected chi connectivity index (χ0v) is 24.0. The van der Waals surface area contributed by atoms with E-state index in [1.807, 2.05) is 49.6 Å². The molecule has 0 bridgehead atoms. The largest absolute Gasteiger partial charge is 0.548 e. The highest BCUT2D eigenvalue weighted by atomic mass is 32.2. The number of carboxylic acid groups (broad SMARTS) is 1. The molecule has 1 atom stereocenters. The Bertz CT molecular complexity index is 1040. The van der Waals surface area contributed by atoms with Gasteiger partial charge in [-0.25, -0.2) is 0 Å². The fourth-order valence-electron chi connectivity index (χ4n) is 5.06. The van der Waals surface area contributed by atoms with Crippen LogP contribution in [0.2, 0.25) is 0 Å². The molecule has 1 fully saturated rings. The smallest absolute Gasteiger partial charge is 0.252 e. The molecule has 1 N–H and O–H groups in total. The third-order valence-corrected chi connectivity index (χ3v) is 7.97. The van der Waals surface area contributed by atoms with Gasteiger partial charge in [0.2, 0.25) is 0 Å². The molecule has 1 amide bonds. The predicted octanol–water partition coefficient (Wildman–Crippen LogP) is 5.38. The highest BCUT2D eigenvalue weighted by Crippen LogP contribution is 2.29. The maximum Gasteiger partial charge on any atom is 0.252 e. The van der Waals surface area contributed by atoms with Gasteiger partial charge in [-0.3, -0.25) is 9.63 Å². The molecule has 1 aliphatic rings. The molecule has 0 aromatic heterocycles. The first-order chi connectivity index (χ1) is 18.4. The van der Waals surface area contributed by atoms with Gasteiger partial charge in [0.25, 0.3) is 5.91 Å². The minimum Gasteiger partial charge on any atom is -0.548 e. The lowest BCUT2D eigenvalue weighted by Gasteiger charge is -2.29. The lowest BCUT2D eigenvalue weighted by molar-refractivity contribution is -0.308. The molecule has 0 spiro atoms. The number of aliphatic carboxylic acids is 1. The van der Waals surface area contributed by atoms with Crippen LogP contribution in [0.5, 0.6) is 0 Å². The quantitative estimate of drug-likeness (QED) is 0.306. The number of carbonyl (C=O) groups is 2. The van der Waals surface area contributed by atoms with Crippen molar-refractivity contribution in [2.24, 2.45) is 5.92 Å².